The molecule has 2 aromatic heterocycles. The van der Waals surface area contributed by atoms with E-state index in [-0.39, 0.29) is 5.69 Å². The highest BCUT2D eigenvalue weighted by Crippen LogP contribution is 2.31. The molecule has 0 saturated heterocycles. The van der Waals surface area contributed by atoms with E-state index in [4.69, 9.17) is 33.7 Å². The summed E-state index contributed by atoms with van der Waals surface area (Å²) in [5, 5.41) is 12.8. The maximum absolute atomic E-state index is 12.0. The Labute approximate surface area is 193 Å². The zero-order valence-electron chi connectivity index (χ0n) is 16.8. The monoisotopic (exact) mass is 468 g/mol. The van der Waals surface area contributed by atoms with E-state index in [1.165, 1.54) is 4.68 Å². The van der Waals surface area contributed by atoms with E-state index in [2.05, 4.69) is 15.5 Å². The number of hydrogen-bond acceptors (Lipinski definition) is 5. The van der Waals surface area contributed by atoms with Crippen molar-refractivity contribution in [2.75, 3.05) is 11.9 Å². The lowest BCUT2D eigenvalue weighted by Gasteiger charge is -2.15. The molecule has 3 N–H and O–H groups in total. The Kier molecular flexibility index (Phi) is 5.34. The first kappa shape index (κ1) is 20.6. The second-order valence-electron chi connectivity index (χ2n) is 7.27. The van der Waals surface area contributed by atoms with Gasteiger partial charge < -0.3 is 15.8 Å². The highest BCUT2D eigenvalue weighted by Gasteiger charge is 2.19. The number of benzene rings is 2. The zero-order valence-corrected chi connectivity index (χ0v) is 18.3. The number of carbonyl (C=O) groups excluding carboxylic acids is 1. The van der Waals surface area contributed by atoms with Gasteiger partial charge in [-0.15, -0.1) is 0 Å². The van der Waals surface area contributed by atoms with Crippen LogP contribution in [0.3, 0.4) is 0 Å². The van der Waals surface area contributed by atoms with Crippen molar-refractivity contribution in [3.63, 3.8) is 0 Å². The van der Waals surface area contributed by atoms with Crippen LogP contribution >= 0.6 is 23.2 Å². The van der Waals surface area contributed by atoms with Crippen molar-refractivity contribution < 1.29 is 9.53 Å². The van der Waals surface area contributed by atoms with E-state index < -0.39 is 5.91 Å². The first-order valence-electron chi connectivity index (χ1n) is 9.86. The third kappa shape index (κ3) is 3.73. The topological polar surface area (TPSA) is 100.0 Å². The lowest BCUT2D eigenvalue weighted by Crippen LogP contribution is -2.14. The van der Waals surface area contributed by atoms with E-state index in [9.17, 15) is 4.79 Å². The molecule has 0 fully saturated rings. The molecular weight excluding hydrogens is 451 g/mol. The summed E-state index contributed by atoms with van der Waals surface area (Å²) in [5.41, 5.74) is 10.5. The molecule has 1 aliphatic rings. The average molecular weight is 469 g/mol. The van der Waals surface area contributed by atoms with Gasteiger partial charge in [-0.3, -0.25) is 4.79 Å². The smallest absolute Gasteiger partial charge is 0.271 e. The number of nitrogens with one attached hydrogen (secondary N) is 1. The summed E-state index contributed by atoms with van der Waals surface area (Å²) in [6.07, 6.45) is 4.29. The van der Waals surface area contributed by atoms with Gasteiger partial charge in [-0.05, 0) is 36.4 Å². The maximum atomic E-state index is 12.0. The molecule has 0 radical (unpaired) electrons. The lowest BCUT2D eigenvalue weighted by molar-refractivity contribution is 0.0996. The van der Waals surface area contributed by atoms with Crippen LogP contribution in [0.5, 0.6) is 0 Å². The summed E-state index contributed by atoms with van der Waals surface area (Å²) >= 11 is 12.6. The highest BCUT2D eigenvalue weighted by atomic mass is 35.5. The molecule has 5 rings (SSSR count). The van der Waals surface area contributed by atoms with Gasteiger partial charge in [0.15, 0.2) is 5.69 Å². The molecule has 0 bridgehead atoms. The fourth-order valence-electron chi connectivity index (χ4n) is 3.68. The largest absolute Gasteiger partial charge is 0.376 e. The summed E-state index contributed by atoms with van der Waals surface area (Å²) in [7, 11) is 0. The van der Waals surface area contributed by atoms with Gasteiger partial charge in [-0.2, -0.15) is 10.2 Å². The van der Waals surface area contributed by atoms with Gasteiger partial charge in [0.25, 0.3) is 5.91 Å². The third-order valence-electron chi connectivity index (χ3n) is 5.20. The van der Waals surface area contributed by atoms with Crippen LogP contribution in [0, 0.1) is 0 Å². The molecule has 0 saturated carbocycles. The van der Waals surface area contributed by atoms with Crippen molar-refractivity contribution in [2.24, 2.45) is 5.73 Å². The number of primary amides is 1. The minimum Gasteiger partial charge on any atom is -0.376 e. The maximum Gasteiger partial charge on any atom is 0.271 e. The molecule has 162 valence electrons. The number of ether oxygens (including phenoxy) is 1. The molecule has 3 heterocycles. The predicted octanol–water partition coefficient (Wildman–Crippen LogP) is 4.28. The Morgan fingerprint density at radius 1 is 1.12 bits per heavy atom. The number of fused-ring (bicyclic) bond motifs is 1. The Morgan fingerprint density at radius 3 is 2.59 bits per heavy atom. The van der Waals surface area contributed by atoms with Crippen molar-refractivity contribution in [3.8, 4) is 11.4 Å². The molecule has 4 aromatic rings. The molecule has 1 aliphatic heterocycles. The zero-order chi connectivity index (χ0) is 22.2. The number of nitrogens with zero attached hydrogens (tertiary/aromatic N) is 4. The number of nitrogens with two attached hydrogens (primary N) is 1. The summed E-state index contributed by atoms with van der Waals surface area (Å²) in [4.78, 5) is 12.0. The molecule has 32 heavy (non-hydrogen) atoms. The van der Waals surface area contributed by atoms with Gasteiger partial charge in [0.2, 0.25) is 0 Å². The minimum atomic E-state index is -0.670. The van der Waals surface area contributed by atoms with Gasteiger partial charge in [0, 0.05) is 17.7 Å². The molecule has 0 unspecified atom stereocenters. The van der Waals surface area contributed by atoms with Gasteiger partial charge in [-0.1, -0.05) is 29.3 Å². The molecule has 10 heteroatoms. The normalized spacial score (nSPS) is 13.1. The van der Waals surface area contributed by atoms with Crippen LogP contribution in [-0.4, -0.2) is 32.1 Å². The van der Waals surface area contributed by atoms with Crippen molar-refractivity contribution in [3.05, 3.63) is 81.9 Å². The third-order valence-corrected chi connectivity index (χ3v) is 5.81. The number of halogens is 2. The summed E-state index contributed by atoms with van der Waals surface area (Å²) in [6, 6.07) is 12.8. The fourth-order valence-corrected chi connectivity index (χ4v) is 4.25. The molecule has 2 aromatic carbocycles. The Hall–Kier alpha value is -3.33. The van der Waals surface area contributed by atoms with Crippen molar-refractivity contribution in [1.82, 2.24) is 19.6 Å². The second-order valence-corrected chi connectivity index (χ2v) is 8.09. The van der Waals surface area contributed by atoms with Gasteiger partial charge >= 0.3 is 0 Å². The van der Waals surface area contributed by atoms with E-state index in [0.29, 0.717) is 34.6 Å². The van der Waals surface area contributed by atoms with Gasteiger partial charge in [0.1, 0.15) is 5.69 Å². The Balaban J connectivity index is 1.45. The van der Waals surface area contributed by atoms with Crippen molar-refractivity contribution in [1.29, 1.82) is 0 Å². The minimum absolute atomic E-state index is 0.0752. The molecule has 0 atom stereocenters. The summed E-state index contributed by atoms with van der Waals surface area (Å²) in [6.45, 7) is 1.28. The van der Waals surface area contributed by atoms with Gasteiger partial charge in [-0.25, -0.2) is 9.36 Å². The Bertz CT molecular complexity index is 1290. The van der Waals surface area contributed by atoms with E-state index in [1.54, 1.807) is 24.4 Å². The van der Waals surface area contributed by atoms with Crippen molar-refractivity contribution in [2.45, 2.75) is 13.0 Å². The van der Waals surface area contributed by atoms with E-state index in [0.717, 1.165) is 29.1 Å². The standard InChI is InChI=1S/C22H18Cl2N6O2/c23-16-2-1-3-17(24)21(16)29-11-18(20(28-29)22(25)31)27-14-4-6-15(7-5-14)30-19-8-9-32-12-13(19)10-26-30/h1-7,10-11,27H,8-9,12H2,(H2,25,31). The number of amides is 1. The quantitative estimate of drug-likeness (QED) is 0.455. The average Bonchev–Trinajstić information content (AvgIpc) is 3.39. The molecule has 1 amide bonds. The van der Waals surface area contributed by atoms with Crippen LogP contribution in [0.1, 0.15) is 21.7 Å². The molecule has 0 aliphatic carbocycles. The lowest BCUT2D eigenvalue weighted by atomic mass is 10.1. The number of anilines is 2. The van der Waals surface area contributed by atoms with E-state index in [1.807, 2.05) is 35.1 Å². The SMILES string of the molecule is NC(=O)c1nn(-c2c(Cl)cccc2Cl)cc1Nc1ccc(-n2ncc3c2CCOC3)cc1. The first-order chi connectivity index (χ1) is 15.5. The number of aromatic nitrogens is 4. The van der Waals surface area contributed by atoms with Crippen LogP contribution in [0.25, 0.3) is 11.4 Å². The highest BCUT2D eigenvalue weighted by molar-refractivity contribution is 6.37. The summed E-state index contributed by atoms with van der Waals surface area (Å²) < 4.78 is 8.85. The fraction of sp³-hybridized carbons (Fsp3) is 0.136. The molecule has 0 spiro atoms. The van der Waals surface area contributed by atoms with E-state index >= 15 is 0 Å². The molecule has 8 nitrogen and oxygen atoms in total. The van der Waals surface area contributed by atoms with Crippen LogP contribution in [0.4, 0.5) is 11.4 Å². The van der Waals surface area contributed by atoms with Crippen LogP contribution in [0.15, 0.2) is 54.9 Å². The number of carbonyl (C=O) groups is 1. The number of rotatable bonds is 5. The predicted molar refractivity (Wildman–Crippen MR) is 122 cm³/mol. The first-order valence-corrected chi connectivity index (χ1v) is 10.6. The number of para-hydroxylation sites is 1. The summed E-state index contributed by atoms with van der Waals surface area (Å²) in [5.74, 6) is -0.670. The Morgan fingerprint density at radius 2 is 1.88 bits per heavy atom. The van der Waals surface area contributed by atoms with Crippen LogP contribution < -0.4 is 11.1 Å². The molecular formula is C22H18Cl2N6O2. The number of hydrogen-bond donors (Lipinski definition) is 2. The van der Waals surface area contributed by atoms with Gasteiger partial charge in [0.05, 0.1) is 52.7 Å². The second kappa shape index (κ2) is 8.31. The van der Waals surface area contributed by atoms with Crippen LogP contribution in [-0.2, 0) is 17.8 Å². The van der Waals surface area contributed by atoms with Crippen molar-refractivity contribution >= 4 is 40.5 Å². The van der Waals surface area contributed by atoms with Crippen LogP contribution in [0.2, 0.25) is 10.0 Å².